The number of ether oxygens (including phenoxy) is 1. The number of nitrogens with one attached hydrogen (secondary N) is 1. The second-order valence-electron chi connectivity index (χ2n) is 5.88. The molecule has 2 fully saturated rings. The zero-order chi connectivity index (χ0) is 15.2. The van der Waals surface area contributed by atoms with Crippen LogP contribution in [0.5, 0.6) is 0 Å². The Hall–Kier alpha value is -1.34. The Morgan fingerprint density at radius 2 is 1.95 bits per heavy atom. The summed E-state index contributed by atoms with van der Waals surface area (Å²) in [6.45, 7) is 4.66. The predicted molar refractivity (Wildman–Crippen MR) is 79.1 cm³/mol. The number of carbonyl (C=O) groups is 2. The minimum atomic E-state index is 0.0393. The van der Waals surface area contributed by atoms with Gasteiger partial charge < -0.3 is 19.9 Å². The van der Waals surface area contributed by atoms with Crippen LogP contribution in [0.1, 0.15) is 12.8 Å². The van der Waals surface area contributed by atoms with Gasteiger partial charge in [-0.3, -0.25) is 9.69 Å². The van der Waals surface area contributed by atoms with Gasteiger partial charge in [0.2, 0.25) is 5.91 Å². The fraction of sp³-hybridized carbons (Fsp3) is 0.857. The van der Waals surface area contributed by atoms with Crippen LogP contribution in [0, 0.1) is 0 Å². The highest BCUT2D eigenvalue weighted by molar-refractivity contribution is 5.78. The molecule has 0 aromatic rings. The molecule has 0 bridgehead atoms. The average molecular weight is 298 g/mol. The molecule has 2 aliphatic rings. The lowest BCUT2D eigenvalue weighted by Gasteiger charge is -2.35. The van der Waals surface area contributed by atoms with Gasteiger partial charge in [0.1, 0.15) is 0 Å². The summed E-state index contributed by atoms with van der Waals surface area (Å²) in [6, 6.07) is 0.0393. The highest BCUT2D eigenvalue weighted by atomic mass is 16.5. The number of hydrogen-bond acceptors (Lipinski definition) is 4. The molecule has 0 aliphatic carbocycles. The molecule has 1 atom stereocenters. The molecule has 0 spiro atoms. The van der Waals surface area contributed by atoms with Crippen molar-refractivity contribution in [1.82, 2.24) is 20.0 Å². The van der Waals surface area contributed by atoms with Gasteiger partial charge >= 0.3 is 6.03 Å². The van der Waals surface area contributed by atoms with E-state index in [4.69, 9.17) is 4.74 Å². The van der Waals surface area contributed by atoms with Crippen LogP contribution in [-0.4, -0.2) is 92.7 Å². The number of hydrogen-bond donors (Lipinski definition) is 1. The molecule has 0 aromatic heterocycles. The molecule has 2 heterocycles. The van der Waals surface area contributed by atoms with Gasteiger partial charge in [0.25, 0.3) is 0 Å². The molecule has 2 aliphatic heterocycles. The van der Waals surface area contributed by atoms with Gasteiger partial charge in [-0.25, -0.2) is 4.79 Å². The molecule has 1 unspecified atom stereocenters. The molecule has 2 rings (SSSR count). The van der Waals surface area contributed by atoms with Crippen LogP contribution in [0.3, 0.4) is 0 Å². The fourth-order valence-corrected chi connectivity index (χ4v) is 2.67. The van der Waals surface area contributed by atoms with E-state index in [1.807, 2.05) is 4.90 Å². The molecule has 7 nitrogen and oxygen atoms in total. The Morgan fingerprint density at radius 1 is 1.24 bits per heavy atom. The van der Waals surface area contributed by atoms with Crippen molar-refractivity contribution in [2.45, 2.75) is 18.9 Å². The van der Waals surface area contributed by atoms with Crippen molar-refractivity contribution in [2.24, 2.45) is 0 Å². The van der Waals surface area contributed by atoms with Gasteiger partial charge in [-0.15, -0.1) is 0 Å². The van der Waals surface area contributed by atoms with Crippen LogP contribution in [-0.2, 0) is 9.53 Å². The zero-order valence-electron chi connectivity index (χ0n) is 13.0. The molecule has 7 heteroatoms. The third-order valence-electron chi connectivity index (χ3n) is 3.94. The molecule has 120 valence electrons. The van der Waals surface area contributed by atoms with Gasteiger partial charge in [0, 0.05) is 53.4 Å². The molecule has 21 heavy (non-hydrogen) atoms. The second kappa shape index (κ2) is 7.61. The number of carbonyl (C=O) groups excluding carboxylic acids is 2. The maximum absolute atomic E-state index is 11.9. The average Bonchev–Trinajstić information content (AvgIpc) is 2.98. The quantitative estimate of drug-likeness (QED) is 0.766. The largest absolute Gasteiger partial charge is 0.376 e. The van der Waals surface area contributed by atoms with Crippen LogP contribution < -0.4 is 5.32 Å². The number of rotatable bonds is 4. The smallest absolute Gasteiger partial charge is 0.319 e. The normalized spacial score (nSPS) is 23.1. The van der Waals surface area contributed by atoms with Gasteiger partial charge in [0.05, 0.1) is 12.6 Å². The van der Waals surface area contributed by atoms with Crippen molar-refractivity contribution < 1.29 is 14.3 Å². The summed E-state index contributed by atoms with van der Waals surface area (Å²) in [6.07, 6.45) is 2.30. The van der Waals surface area contributed by atoms with Gasteiger partial charge in [0.15, 0.2) is 0 Å². The van der Waals surface area contributed by atoms with E-state index in [1.165, 1.54) is 0 Å². The third kappa shape index (κ3) is 4.86. The van der Waals surface area contributed by atoms with Crippen molar-refractivity contribution in [3.05, 3.63) is 0 Å². The number of urea groups is 1. The molecule has 0 radical (unpaired) electrons. The Bertz CT molecular complexity index is 361. The molecule has 0 saturated carbocycles. The molecule has 3 amide bonds. The summed E-state index contributed by atoms with van der Waals surface area (Å²) >= 11 is 0. The summed E-state index contributed by atoms with van der Waals surface area (Å²) in [5.74, 6) is 0.0397. The predicted octanol–water partition coefficient (Wildman–Crippen LogP) is -0.419. The van der Waals surface area contributed by atoms with Crippen LogP contribution in [0.4, 0.5) is 4.79 Å². The second-order valence-corrected chi connectivity index (χ2v) is 5.88. The number of piperazine rings is 1. The van der Waals surface area contributed by atoms with E-state index in [0.717, 1.165) is 32.5 Å². The SMILES string of the molecule is CN(C)C(=O)N1CCN(CC(=O)NCC2CCCO2)CC1. The van der Waals surface area contributed by atoms with Crippen LogP contribution in [0.15, 0.2) is 0 Å². The highest BCUT2D eigenvalue weighted by Gasteiger charge is 2.23. The van der Waals surface area contributed by atoms with Crippen LogP contribution in [0.25, 0.3) is 0 Å². The first-order valence-electron chi connectivity index (χ1n) is 7.63. The van der Waals surface area contributed by atoms with E-state index in [1.54, 1.807) is 19.0 Å². The topological polar surface area (TPSA) is 65.1 Å². The van der Waals surface area contributed by atoms with E-state index in [2.05, 4.69) is 10.2 Å². The summed E-state index contributed by atoms with van der Waals surface area (Å²) in [5.41, 5.74) is 0. The number of nitrogens with zero attached hydrogens (tertiary/aromatic N) is 3. The number of amides is 3. The summed E-state index contributed by atoms with van der Waals surface area (Å²) in [7, 11) is 3.51. The highest BCUT2D eigenvalue weighted by Crippen LogP contribution is 2.10. The fourth-order valence-electron chi connectivity index (χ4n) is 2.67. The van der Waals surface area contributed by atoms with Crippen LogP contribution in [0.2, 0.25) is 0 Å². The summed E-state index contributed by atoms with van der Waals surface area (Å²) < 4.78 is 5.48. The van der Waals surface area contributed by atoms with E-state index in [-0.39, 0.29) is 18.0 Å². The first-order chi connectivity index (χ1) is 10.1. The van der Waals surface area contributed by atoms with Gasteiger partial charge in [-0.1, -0.05) is 0 Å². The Balaban J connectivity index is 1.63. The van der Waals surface area contributed by atoms with E-state index in [9.17, 15) is 9.59 Å². The molecular weight excluding hydrogens is 272 g/mol. The lowest BCUT2D eigenvalue weighted by molar-refractivity contribution is -0.123. The zero-order valence-corrected chi connectivity index (χ0v) is 13.0. The minimum Gasteiger partial charge on any atom is -0.376 e. The Kier molecular flexibility index (Phi) is 5.81. The Labute approximate surface area is 126 Å². The molecular formula is C14H26N4O3. The monoisotopic (exact) mass is 298 g/mol. The van der Waals surface area contributed by atoms with Gasteiger partial charge in [-0.2, -0.15) is 0 Å². The lowest BCUT2D eigenvalue weighted by Crippen LogP contribution is -2.53. The van der Waals surface area contributed by atoms with Crippen molar-refractivity contribution in [3.8, 4) is 0 Å². The van der Waals surface area contributed by atoms with Crippen molar-refractivity contribution in [2.75, 3.05) is 60.0 Å². The van der Waals surface area contributed by atoms with E-state index in [0.29, 0.717) is 26.2 Å². The first kappa shape index (κ1) is 16.0. The molecule has 0 aromatic carbocycles. The minimum absolute atomic E-state index is 0.0393. The van der Waals surface area contributed by atoms with Crippen molar-refractivity contribution >= 4 is 11.9 Å². The Morgan fingerprint density at radius 3 is 2.52 bits per heavy atom. The standard InChI is InChI=1S/C14H26N4O3/c1-16(2)14(20)18-7-5-17(6-8-18)11-13(19)15-10-12-4-3-9-21-12/h12H,3-11H2,1-2H3,(H,15,19). The molecule has 1 N–H and O–H groups in total. The summed E-state index contributed by atoms with van der Waals surface area (Å²) in [5, 5.41) is 2.93. The van der Waals surface area contributed by atoms with Crippen molar-refractivity contribution in [1.29, 1.82) is 0 Å². The summed E-state index contributed by atoms with van der Waals surface area (Å²) in [4.78, 5) is 29.2. The van der Waals surface area contributed by atoms with Crippen molar-refractivity contribution in [3.63, 3.8) is 0 Å². The van der Waals surface area contributed by atoms with E-state index >= 15 is 0 Å². The van der Waals surface area contributed by atoms with E-state index < -0.39 is 0 Å². The molecule has 2 saturated heterocycles. The van der Waals surface area contributed by atoms with Crippen LogP contribution >= 0.6 is 0 Å². The lowest BCUT2D eigenvalue weighted by atomic mass is 10.2. The first-order valence-corrected chi connectivity index (χ1v) is 7.63. The third-order valence-corrected chi connectivity index (χ3v) is 3.94. The maximum atomic E-state index is 11.9. The van der Waals surface area contributed by atoms with Gasteiger partial charge in [-0.05, 0) is 12.8 Å². The maximum Gasteiger partial charge on any atom is 0.319 e.